The number of aromatic nitrogens is 1. The molecule has 2 aromatic carbocycles. The van der Waals surface area contributed by atoms with Gasteiger partial charge in [0.15, 0.2) is 0 Å². The van der Waals surface area contributed by atoms with Crippen LogP contribution in [-0.2, 0) is 4.79 Å². The minimum atomic E-state index is -0.0946. The van der Waals surface area contributed by atoms with Crippen molar-refractivity contribution in [3.8, 4) is 17.0 Å². The minimum Gasteiger partial charge on any atom is -0.495 e. The minimum absolute atomic E-state index is 0.0946. The molecule has 3 rings (SSSR count). The lowest BCUT2D eigenvalue weighted by Gasteiger charge is -2.25. The fraction of sp³-hybridized carbons (Fsp3) is 0.100. The van der Waals surface area contributed by atoms with E-state index < -0.39 is 0 Å². The third kappa shape index (κ3) is 2.99. The van der Waals surface area contributed by atoms with Gasteiger partial charge >= 0.3 is 0 Å². The molecule has 3 aromatic rings. The summed E-state index contributed by atoms with van der Waals surface area (Å²) in [7, 11) is 1.60. The van der Waals surface area contributed by atoms with Crippen LogP contribution in [0.15, 0.2) is 72.9 Å². The van der Waals surface area contributed by atoms with E-state index in [2.05, 4.69) is 4.98 Å². The molecule has 4 nitrogen and oxygen atoms in total. The summed E-state index contributed by atoms with van der Waals surface area (Å²) < 4.78 is 5.43. The van der Waals surface area contributed by atoms with Crippen LogP contribution < -0.4 is 9.64 Å². The van der Waals surface area contributed by atoms with Gasteiger partial charge in [0.2, 0.25) is 5.91 Å². The number of rotatable bonds is 4. The second-order valence-corrected chi connectivity index (χ2v) is 5.26. The van der Waals surface area contributed by atoms with Crippen LogP contribution in [0.25, 0.3) is 11.3 Å². The molecule has 4 heteroatoms. The first-order chi connectivity index (χ1) is 11.7. The first-order valence-electron chi connectivity index (χ1n) is 7.66. The third-order valence-corrected chi connectivity index (χ3v) is 3.73. The highest BCUT2D eigenvalue weighted by Gasteiger charge is 2.21. The number of methoxy groups -OCH3 is 1. The molecule has 0 radical (unpaired) electrons. The Kier molecular flexibility index (Phi) is 4.57. The molecule has 0 saturated heterocycles. The molecule has 0 saturated carbocycles. The molecule has 0 aliphatic heterocycles. The maximum Gasteiger partial charge on any atom is 0.228 e. The van der Waals surface area contributed by atoms with Gasteiger partial charge in [-0.2, -0.15) is 0 Å². The van der Waals surface area contributed by atoms with E-state index in [1.807, 2.05) is 66.7 Å². The molecule has 0 unspecified atom stereocenters. The van der Waals surface area contributed by atoms with Crippen LogP contribution >= 0.6 is 0 Å². The standard InChI is InChI=1S/C20H18N2O2/c1-15(23)22(19-12-5-6-13-20(19)24-2)18-11-4-3-9-16(18)17-10-7-8-14-21-17/h3-14H,1-2H3. The van der Waals surface area contributed by atoms with E-state index >= 15 is 0 Å². The Morgan fingerprint density at radius 2 is 1.58 bits per heavy atom. The van der Waals surface area contributed by atoms with Crippen molar-refractivity contribution in [1.29, 1.82) is 0 Å². The van der Waals surface area contributed by atoms with Crippen LogP contribution in [0.5, 0.6) is 5.75 Å². The lowest BCUT2D eigenvalue weighted by molar-refractivity contribution is -0.115. The predicted molar refractivity (Wildman–Crippen MR) is 95.5 cm³/mol. The topological polar surface area (TPSA) is 42.4 Å². The summed E-state index contributed by atoms with van der Waals surface area (Å²) in [5.41, 5.74) is 3.18. The van der Waals surface area contributed by atoms with Crippen molar-refractivity contribution < 1.29 is 9.53 Å². The monoisotopic (exact) mass is 318 g/mol. The summed E-state index contributed by atoms with van der Waals surface area (Å²) in [6.07, 6.45) is 1.74. The molecule has 1 heterocycles. The van der Waals surface area contributed by atoms with Gasteiger partial charge in [-0.05, 0) is 30.3 Å². The van der Waals surface area contributed by atoms with Gasteiger partial charge in [-0.3, -0.25) is 14.7 Å². The average Bonchev–Trinajstić information content (AvgIpc) is 2.63. The molecule has 0 aliphatic carbocycles. The summed E-state index contributed by atoms with van der Waals surface area (Å²) in [4.78, 5) is 18.5. The van der Waals surface area contributed by atoms with Crippen LogP contribution in [0.1, 0.15) is 6.92 Å². The van der Waals surface area contributed by atoms with Gasteiger partial charge in [-0.15, -0.1) is 0 Å². The lowest BCUT2D eigenvalue weighted by atomic mass is 10.1. The van der Waals surface area contributed by atoms with E-state index in [4.69, 9.17) is 4.74 Å². The number of nitrogens with zero attached hydrogens (tertiary/aromatic N) is 2. The summed E-state index contributed by atoms with van der Waals surface area (Å²) in [5.74, 6) is 0.548. The fourth-order valence-corrected chi connectivity index (χ4v) is 2.69. The Balaban J connectivity index is 2.20. The number of carbonyl (C=O) groups is 1. The molecular formula is C20H18N2O2. The number of para-hydroxylation sites is 3. The second-order valence-electron chi connectivity index (χ2n) is 5.26. The zero-order valence-corrected chi connectivity index (χ0v) is 13.6. The molecule has 0 fully saturated rings. The Labute approximate surface area is 141 Å². The van der Waals surface area contributed by atoms with Crippen molar-refractivity contribution in [2.45, 2.75) is 6.92 Å². The first-order valence-corrected chi connectivity index (χ1v) is 7.66. The number of anilines is 2. The number of benzene rings is 2. The van der Waals surface area contributed by atoms with E-state index in [0.717, 1.165) is 16.9 Å². The maximum atomic E-state index is 12.4. The zero-order valence-electron chi connectivity index (χ0n) is 13.6. The van der Waals surface area contributed by atoms with E-state index in [1.165, 1.54) is 0 Å². The first kappa shape index (κ1) is 15.7. The molecule has 24 heavy (non-hydrogen) atoms. The van der Waals surface area contributed by atoms with Crippen LogP contribution in [0.3, 0.4) is 0 Å². The van der Waals surface area contributed by atoms with Gasteiger partial charge in [-0.25, -0.2) is 0 Å². The number of hydrogen-bond donors (Lipinski definition) is 0. The van der Waals surface area contributed by atoms with E-state index in [-0.39, 0.29) is 5.91 Å². The van der Waals surface area contributed by atoms with Crippen molar-refractivity contribution in [2.24, 2.45) is 0 Å². The smallest absolute Gasteiger partial charge is 0.228 e. The van der Waals surface area contributed by atoms with Crippen molar-refractivity contribution in [3.63, 3.8) is 0 Å². The van der Waals surface area contributed by atoms with E-state index in [0.29, 0.717) is 11.4 Å². The maximum absolute atomic E-state index is 12.4. The van der Waals surface area contributed by atoms with Gasteiger partial charge < -0.3 is 4.74 Å². The summed E-state index contributed by atoms with van der Waals surface area (Å²) in [6.45, 7) is 1.54. The molecule has 0 aliphatic rings. The van der Waals surface area contributed by atoms with E-state index in [1.54, 1.807) is 25.1 Å². The Hall–Kier alpha value is -3.14. The van der Waals surface area contributed by atoms with Gasteiger partial charge in [0.25, 0.3) is 0 Å². The number of ether oxygens (including phenoxy) is 1. The molecule has 0 atom stereocenters. The van der Waals surface area contributed by atoms with Crippen LogP contribution in [0.2, 0.25) is 0 Å². The van der Waals surface area contributed by atoms with Crippen molar-refractivity contribution >= 4 is 17.3 Å². The molecular weight excluding hydrogens is 300 g/mol. The zero-order chi connectivity index (χ0) is 16.9. The van der Waals surface area contributed by atoms with Crippen molar-refractivity contribution in [2.75, 3.05) is 12.0 Å². The Bertz CT molecular complexity index is 847. The lowest BCUT2D eigenvalue weighted by Crippen LogP contribution is -2.24. The van der Waals surface area contributed by atoms with Gasteiger partial charge in [0.05, 0.1) is 24.2 Å². The highest BCUT2D eigenvalue weighted by atomic mass is 16.5. The van der Waals surface area contributed by atoms with Gasteiger partial charge in [-0.1, -0.05) is 36.4 Å². The normalized spacial score (nSPS) is 10.2. The number of pyridine rings is 1. The predicted octanol–water partition coefficient (Wildman–Crippen LogP) is 4.44. The SMILES string of the molecule is COc1ccccc1N(C(C)=O)c1ccccc1-c1ccccn1. The highest BCUT2D eigenvalue weighted by molar-refractivity contribution is 6.03. The fourth-order valence-electron chi connectivity index (χ4n) is 2.69. The molecule has 120 valence electrons. The summed E-state index contributed by atoms with van der Waals surface area (Å²) >= 11 is 0. The van der Waals surface area contributed by atoms with E-state index in [9.17, 15) is 4.79 Å². The highest BCUT2D eigenvalue weighted by Crippen LogP contribution is 2.38. The average molecular weight is 318 g/mol. The molecule has 1 aromatic heterocycles. The Morgan fingerprint density at radius 1 is 0.917 bits per heavy atom. The van der Waals surface area contributed by atoms with Crippen LogP contribution in [0, 0.1) is 0 Å². The van der Waals surface area contributed by atoms with Crippen molar-refractivity contribution in [1.82, 2.24) is 4.98 Å². The number of amides is 1. The summed E-state index contributed by atoms with van der Waals surface area (Å²) in [5, 5.41) is 0. The number of hydrogen-bond acceptors (Lipinski definition) is 3. The summed E-state index contributed by atoms with van der Waals surface area (Å²) in [6, 6.07) is 20.9. The molecule has 0 spiro atoms. The van der Waals surface area contributed by atoms with Crippen LogP contribution in [-0.4, -0.2) is 18.0 Å². The molecule has 0 bridgehead atoms. The Morgan fingerprint density at radius 3 is 2.25 bits per heavy atom. The van der Waals surface area contributed by atoms with Crippen molar-refractivity contribution in [3.05, 3.63) is 72.9 Å². The van der Waals surface area contributed by atoms with Gasteiger partial charge in [0, 0.05) is 18.7 Å². The molecule has 0 N–H and O–H groups in total. The quantitative estimate of drug-likeness (QED) is 0.714. The third-order valence-electron chi connectivity index (χ3n) is 3.73. The van der Waals surface area contributed by atoms with Crippen LogP contribution in [0.4, 0.5) is 11.4 Å². The molecule has 1 amide bonds. The van der Waals surface area contributed by atoms with Gasteiger partial charge in [0.1, 0.15) is 5.75 Å². The second kappa shape index (κ2) is 6.96. The largest absolute Gasteiger partial charge is 0.495 e. The number of carbonyl (C=O) groups excluding carboxylic acids is 1.